The van der Waals surface area contributed by atoms with Gasteiger partial charge < -0.3 is 19.8 Å². The maximum absolute atomic E-state index is 13.7. The van der Waals surface area contributed by atoms with Crippen LogP contribution in [0.5, 0.6) is 0 Å². The van der Waals surface area contributed by atoms with Gasteiger partial charge in [0.2, 0.25) is 10.0 Å². The lowest BCUT2D eigenvalue weighted by molar-refractivity contribution is 0.0964. The Balaban J connectivity index is 1.57. The Bertz CT molecular complexity index is 1770. The molecule has 2 aliphatic rings. The summed E-state index contributed by atoms with van der Waals surface area (Å²) in [4.78, 5) is 13.1. The van der Waals surface area contributed by atoms with E-state index in [-0.39, 0.29) is 17.6 Å². The van der Waals surface area contributed by atoms with Crippen LogP contribution < -0.4 is 15.1 Å². The number of aryl methyl sites for hydroxylation is 1. The summed E-state index contributed by atoms with van der Waals surface area (Å²) in [6, 6.07) is 13.9. The minimum Gasteiger partial charge on any atom is -0.455 e. The fourth-order valence-electron chi connectivity index (χ4n) is 6.01. The molecule has 3 N–H and O–H groups in total. The normalized spacial score (nSPS) is 16.9. The second-order valence-electron chi connectivity index (χ2n) is 10.9. The number of anilines is 1. The van der Waals surface area contributed by atoms with Crippen LogP contribution in [0.25, 0.3) is 22.3 Å². The number of carbonyl (C=O) groups excluding carboxylic acids is 1. The number of furan rings is 1. The van der Waals surface area contributed by atoms with E-state index in [2.05, 4.69) is 5.32 Å². The van der Waals surface area contributed by atoms with Crippen molar-refractivity contribution in [1.82, 2.24) is 5.32 Å². The van der Waals surface area contributed by atoms with Gasteiger partial charge in [0.1, 0.15) is 17.2 Å². The minimum absolute atomic E-state index is 0.135. The molecule has 0 spiro atoms. The number of hydrogen-bond donors (Lipinski definition) is 3. The van der Waals surface area contributed by atoms with Gasteiger partial charge in [0.15, 0.2) is 0 Å². The van der Waals surface area contributed by atoms with Crippen LogP contribution in [0.15, 0.2) is 59.0 Å². The van der Waals surface area contributed by atoms with Gasteiger partial charge in [-0.25, -0.2) is 12.8 Å². The van der Waals surface area contributed by atoms with E-state index in [0.717, 1.165) is 36.0 Å². The minimum atomic E-state index is -3.79. The van der Waals surface area contributed by atoms with Gasteiger partial charge in [0, 0.05) is 24.1 Å². The Hall–Kier alpha value is -3.67. The third-order valence-electron chi connectivity index (χ3n) is 8.04. The molecule has 0 saturated heterocycles. The lowest BCUT2D eigenvalue weighted by Crippen LogP contribution is -2.38. The average molecular weight is 576 g/mol. The molecule has 1 heterocycles. The number of carbonyl (C=O) groups is 1. The SMILES string of the molecule is CNC(=O)c1c(-c2ccc(F)cc2)oc2cc(N(C3CCCc4cc(B(O)O)ccc43)S(C)(=O)=O)c(C3CC3)cc12. The molecule has 4 aromatic rings. The number of nitrogens with one attached hydrogen (secondary N) is 1. The van der Waals surface area contributed by atoms with E-state index in [1.807, 2.05) is 6.07 Å². The van der Waals surface area contributed by atoms with E-state index in [1.54, 1.807) is 36.4 Å². The van der Waals surface area contributed by atoms with Crippen LogP contribution in [0.4, 0.5) is 10.1 Å². The highest BCUT2D eigenvalue weighted by Gasteiger charge is 2.38. The molecule has 0 radical (unpaired) electrons. The molecule has 41 heavy (non-hydrogen) atoms. The van der Waals surface area contributed by atoms with Crippen molar-refractivity contribution in [2.45, 2.75) is 44.1 Å². The monoisotopic (exact) mass is 576 g/mol. The topological polar surface area (TPSA) is 120 Å². The summed E-state index contributed by atoms with van der Waals surface area (Å²) >= 11 is 0. The molecule has 0 aliphatic heterocycles. The first kappa shape index (κ1) is 27.5. The highest BCUT2D eigenvalue weighted by molar-refractivity contribution is 7.92. The van der Waals surface area contributed by atoms with Gasteiger partial charge in [-0.05, 0) is 90.5 Å². The van der Waals surface area contributed by atoms with E-state index in [9.17, 15) is 27.7 Å². The second kappa shape index (κ2) is 10.3. The lowest BCUT2D eigenvalue weighted by atomic mass is 9.76. The van der Waals surface area contributed by atoms with E-state index >= 15 is 0 Å². The van der Waals surface area contributed by atoms with Gasteiger partial charge in [-0.1, -0.05) is 18.2 Å². The highest BCUT2D eigenvalue weighted by atomic mass is 32.2. The largest absolute Gasteiger partial charge is 0.488 e. The van der Waals surface area contributed by atoms with Gasteiger partial charge in [0.25, 0.3) is 5.91 Å². The number of benzene rings is 3. The van der Waals surface area contributed by atoms with Crippen molar-refractivity contribution in [3.05, 3.63) is 82.7 Å². The van der Waals surface area contributed by atoms with Crippen molar-refractivity contribution in [2.24, 2.45) is 0 Å². The number of rotatable bonds is 7. The summed E-state index contributed by atoms with van der Waals surface area (Å²) in [6.45, 7) is 0. The molecule has 11 heteroatoms. The first-order chi connectivity index (χ1) is 19.6. The Morgan fingerprint density at radius 3 is 2.41 bits per heavy atom. The van der Waals surface area contributed by atoms with Gasteiger partial charge in [-0.2, -0.15) is 0 Å². The summed E-state index contributed by atoms with van der Waals surface area (Å²) < 4.78 is 48.5. The summed E-state index contributed by atoms with van der Waals surface area (Å²) in [5, 5.41) is 22.6. The third kappa shape index (κ3) is 5.02. The fraction of sp³-hybridized carbons (Fsp3) is 0.300. The van der Waals surface area contributed by atoms with Crippen LogP contribution in [0, 0.1) is 5.82 Å². The maximum atomic E-state index is 13.7. The standard InChI is InChI=1S/C30H30BFN2O6S/c1-33-30(35)28-24-15-23(17-6-7-17)26(16-27(24)40-29(28)18-8-11-21(32)12-9-18)34(41(2,38)39)25-5-3-4-19-14-20(31(36)37)10-13-22(19)25/h8-17,25,36-37H,3-7H2,1-2H3,(H,33,35). The van der Waals surface area contributed by atoms with Crippen LogP contribution in [-0.4, -0.2) is 44.8 Å². The second-order valence-corrected chi connectivity index (χ2v) is 12.7. The summed E-state index contributed by atoms with van der Waals surface area (Å²) in [6.07, 6.45) is 5.00. The summed E-state index contributed by atoms with van der Waals surface area (Å²) in [5.41, 5.74) is 4.60. The van der Waals surface area contributed by atoms with Crippen molar-refractivity contribution in [1.29, 1.82) is 0 Å². The number of amides is 1. The van der Waals surface area contributed by atoms with E-state index in [0.29, 0.717) is 46.1 Å². The Morgan fingerprint density at radius 2 is 1.78 bits per heavy atom. The Kier molecular flexibility index (Phi) is 6.92. The lowest BCUT2D eigenvalue weighted by Gasteiger charge is -2.37. The van der Waals surface area contributed by atoms with Crippen molar-refractivity contribution < 1.29 is 32.1 Å². The molecule has 3 aromatic carbocycles. The zero-order valence-corrected chi connectivity index (χ0v) is 23.5. The quantitative estimate of drug-likeness (QED) is 0.286. The molecular formula is C30H30BFN2O6S. The van der Waals surface area contributed by atoms with Crippen molar-refractivity contribution in [3.63, 3.8) is 0 Å². The molecule has 0 bridgehead atoms. The van der Waals surface area contributed by atoms with Crippen LogP contribution in [-0.2, 0) is 16.4 Å². The number of sulfonamides is 1. The smallest absolute Gasteiger partial charge is 0.455 e. The molecule has 1 atom stereocenters. The zero-order chi connectivity index (χ0) is 29.1. The molecule has 1 fully saturated rings. The van der Waals surface area contributed by atoms with Gasteiger partial charge in [-0.3, -0.25) is 9.10 Å². The molecule has 1 unspecified atom stereocenters. The van der Waals surface area contributed by atoms with Crippen molar-refractivity contribution >= 4 is 45.2 Å². The molecule has 1 aromatic heterocycles. The van der Waals surface area contributed by atoms with Crippen LogP contribution >= 0.6 is 0 Å². The van der Waals surface area contributed by atoms with Crippen LogP contribution in [0.2, 0.25) is 0 Å². The molecule has 8 nitrogen and oxygen atoms in total. The Labute approximate surface area is 238 Å². The number of nitrogens with zero attached hydrogens (tertiary/aromatic N) is 1. The first-order valence-electron chi connectivity index (χ1n) is 13.6. The van der Waals surface area contributed by atoms with Gasteiger partial charge in [0.05, 0.1) is 23.5 Å². The van der Waals surface area contributed by atoms with Crippen LogP contribution in [0.3, 0.4) is 0 Å². The number of hydrogen-bond acceptors (Lipinski definition) is 6. The average Bonchev–Trinajstić information content (AvgIpc) is 3.72. The fourth-order valence-corrected chi connectivity index (χ4v) is 7.20. The molecular weight excluding hydrogens is 546 g/mol. The summed E-state index contributed by atoms with van der Waals surface area (Å²) in [5.74, 6) is -0.361. The Morgan fingerprint density at radius 1 is 1.05 bits per heavy atom. The number of halogens is 1. The molecule has 212 valence electrons. The molecule has 1 saturated carbocycles. The first-order valence-corrected chi connectivity index (χ1v) is 15.5. The predicted octanol–water partition coefficient (Wildman–Crippen LogP) is 4.00. The van der Waals surface area contributed by atoms with E-state index < -0.39 is 29.0 Å². The van der Waals surface area contributed by atoms with Crippen LogP contribution in [0.1, 0.15) is 64.7 Å². The maximum Gasteiger partial charge on any atom is 0.488 e. The van der Waals surface area contributed by atoms with Gasteiger partial charge >= 0.3 is 7.12 Å². The molecule has 6 rings (SSSR count). The van der Waals surface area contributed by atoms with E-state index in [1.165, 1.54) is 29.7 Å². The summed E-state index contributed by atoms with van der Waals surface area (Å²) in [7, 11) is -3.88. The van der Waals surface area contributed by atoms with Crippen molar-refractivity contribution in [2.75, 3.05) is 17.6 Å². The van der Waals surface area contributed by atoms with E-state index in [4.69, 9.17) is 4.42 Å². The highest BCUT2D eigenvalue weighted by Crippen LogP contribution is 2.50. The molecule has 1 amide bonds. The van der Waals surface area contributed by atoms with Gasteiger partial charge in [-0.15, -0.1) is 0 Å². The third-order valence-corrected chi connectivity index (χ3v) is 9.21. The number of fused-ring (bicyclic) bond motifs is 2. The van der Waals surface area contributed by atoms with Crippen molar-refractivity contribution in [3.8, 4) is 11.3 Å². The predicted molar refractivity (Wildman–Crippen MR) is 156 cm³/mol. The zero-order valence-electron chi connectivity index (χ0n) is 22.7. The molecule has 2 aliphatic carbocycles.